The summed E-state index contributed by atoms with van der Waals surface area (Å²) < 4.78 is 16.6. The van der Waals surface area contributed by atoms with Crippen molar-refractivity contribution in [2.24, 2.45) is 0 Å². The molecule has 0 saturated heterocycles. The number of halogens is 1. The first-order chi connectivity index (χ1) is 12.7. The largest absolute Gasteiger partial charge is 0.349 e. The number of hydrogen-bond donors (Lipinski definition) is 1. The van der Waals surface area contributed by atoms with Crippen molar-refractivity contribution >= 4 is 5.91 Å². The molecule has 4 rings (SSSR count). The first-order valence-corrected chi connectivity index (χ1v) is 8.65. The van der Waals surface area contributed by atoms with Crippen LogP contribution in [0.5, 0.6) is 0 Å². The molecule has 0 saturated carbocycles. The molecule has 2 heterocycles. The predicted molar refractivity (Wildman–Crippen MR) is 92.0 cm³/mol. The normalized spacial score (nSPS) is 16.3. The summed E-state index contributed by atoms with van der Waals surface area (Å²) in [5, 5.41) is 11.6. The summed E-state index contributed by atoms with van der Waals surface area (Å²) in [4.78, 5) is 16.2. The Bertz CT molecular complexity index is 887. The van der Waals surface area contributed by atoms with E-state index in [0.717, 1.165) is 36.2 Å². The number of fused-ring (bicyclic) bond motifs is 1. The van der Waals surface area contributed by atoms with Crippen molar-refractivity contribution in [3.8, 4) is 5.69 Å². The second-order valence-electron chi connectivity index (χ2n) is 6.36. The smallest absolute Gasteiger partial charge is 0.222 e. The van der Waals surface area contributed by atoms with Gasteiger partial charge in [-0.1, -0.05) is 0 Å². The van der Waals surface area contributed by atoms with Crippen LogP contribution in [0.25, 0.3) is 5.69 Å². The zero-order chi connectivity index (χ0) is 17.9. The van der Waals surface area contributed by atoms with Gasteiger partial charge in [0.25, 0.3) is 0 Å². The summed E-state index contributed by atoms with van der Waals surface area (Å²) in [6, 6.07) is 6.23. The Morgan fingerprint density at radius 2 is 2.12 bits per heavy atom. The van der Waals surface area contributed by atoms with E-state index >= 15 is 0 Å². The van der Waals surface area contributed by atoms with Crippen LogP contribution < -0.4 is 5.32 Å². The lowest BCUT2D eigenvalue weighted by Crippen LogP contribution is -2.31. The molecule has 1 unspecified atom stereocenters. The molecule has 0 fully saturated rings. The number of benzene rings is 1. The molecule has 1 atom stereocenters. The van der Waals surface area contributed by atoms with Gasteiger partial charge in [0.2, 0.25) is 5.91 Å². The fourth-order valence-corrected chi connectivity index (χ4v) is 3.34. The zero-order valence-electron chi connectivity index (χ0n) is 14.2. The summed E-state index contributed by atoms with van der Waals surface area (Å²) in [5.74, 6) is -0.292. The highest BCUT2D eigenvalue weighted by atomic mass is 19.1. The van der Waals surface area contributed by atoms with E-state index in [4.69, 9.17) is 0 Å². The van der Waals surface area contributed by atoms with Gasteiger partial charge in [-0.05, 0) is 43.5 Å². The van der Waals surface area contributed by atoms with Crippen LogP contribution in [0, 0.1) is 5.82 Å². The first kappa shape index (κ1) is 16.4. The minimum Gasteiger partial charge on any atom is -0.349 e. The molecule has 1 aromatic carbocycles. The van der Waals surface area contributed by atoms with Gasteiger partial charge in [-0.2, -0.15) is 10.2 Å². The van der Waals surface area contributed by atoms with Crippen LogP contribution in [0.4, 0.5) is 4.39 Å². The third-order valence-electron chi connectivity index (χ3n) is 4.62. The van der Waals surface area contributed by atoms with Crippen molar-refractivity contribution in [1.82, 2.24) is 29.9 Å². The second-order valence-corrected chi connectivity index (χ2v) is 6.36. The predicted octanol–water partition coefficient (Wildman–Crippen LogP) is 2.19. The molecular formula is C18H19FN6O. The van der Waals surface area contributed by atoms with E-state index in [0.29, 0.717) is 13.0 Å². The van der Waals surface area contributed by atoms with Gasteiger partial charge < -0.3 is 5.32 Å². The molecule has 26 heavy (non-hydrogen) atoms. The van der Waals surface area contributed by atoms with Gasteiger partial charge in [0.15, 0.2) is 0 Å². The Labute approximate surface area is 149 Å². The van der Waals surface area contributed by atoms with Gasteiger partial charge in [0, 0.05) is 17.7 Å². The molecule has 2 aromatic heterocycles. The van der Waals surface area contributed by atoms with E-state index in [1.165, 1.54) is 18.5 Å². The maximum absolute atomic E-state index is 13.2. The van der Waals surface area contributed by atoms with Crippen LogP contribution in [0.2, 0.25) is 0 Å². The van der Waals surface area contributed by atoms with Crippen molar-refractivity contribution < 1.29 is 9.18 Å². The number of amides is 1. The molecule has 8 heteroatoms. The third-order valence-corrected chi connectivity index (χ3v) is 4.62. The highest BCUT2D eigenvalue weighted by molar-refractivity contribution is 5.76. The van der Waals surface area contributed by atoms with Gasteiger partial charge in [-0.3, -0.25) is 9.48 Å². The Morgan fingerprint density at radius 1 is 1.27 bits per heavy atom. The Balaban J connectivity index is 1.47. The van der Waals surface area contributed by atoms with Crippen molar-refractivity contribution in [3.63, 3.8) is 0 Å². The molecule has 1 aliphatic carbocycles. The van der Waals surface area contributed by atoms with Crippen LogP contribution in [0.3, 0.4) is 0 Å². The highest BCUT2D eigenvalue weighted by Gasteiger charge is 2.26. The van der Waals surface area contributed by atoms with Crippen LogP contribution in [-0.4, -0.2) is 30.5 Å². The lowest BCUT2D eigenvalue weighted by Gasteiger charge is -2.24. The number of nitrogens with zero attached hydrogens (tertiary/aromatic N) is 5. The Kier molecular flexibility index (Phi) is 4.47. The minimum absolute atomic E-state index is 0.0205. The number of carbonyl (C=O) groups excluding carboxylic acids is 1. The zero-order valence-corrected chi connectivity index (χ0v) is 14.2. The summed E-state index contributed by atoms with van der Waals surface area (Å²) in [5.41, 5.74) is 2.94. The third kappa shape index (κ3) is 3.35. The van der Waals surface area contributed by atoms with Crippen molar-refractivity contribution in [2.45, 2.75) is 38.3 Å². The summed E-state index contributed by atoms with van der Waals surface area (Å²) >= 11 is 0. The lowest BCUT2D eigenvalue weighted by atomic mass is 9.92. The van der Waals surface area contributed by atoms with E-state index in [9.17, 15) is 9.18 Å². The number of nitrogens with one attached hydrogen (secondary N) is 1. The second kappa shape index (κ2) is 7.07. The summed E-state index contributed by atoms with van der Waals surface area (Å²) in [6.07, 6.45) is 7.94. The average molecular weight is 354 g/mol. The Morgan fingerprint density at radius 3 is 2.88 bits per heavy atom. The van der Waals surface area contributed by atoms with Crippen molar-refractivity contribution in [3.05, 3.63) is 60.2 Å². The minimum atomic E-state index is -0.271. The van der Waals surface area contributed by atoms with Gasteiger partial charge >= 0.3 is 0 Å². The van der Waals surface area contributed by atoms with E-state index in [1.54, 1.807) is 29.3 Å². The first-order valence-electron chi connectivity index (χ1n) is 8.65. The van der Waals surface area contributed by atoms with Gasteiger partial charge in [0.05, 0.1) is 24.5 Å². The maximum Gasteiger partial charge on any atom is 0.222 e. The number of aryl methyl sites for hydroxylation is 1. The molecule has 1 aliphatic rings. The van der Waals surface area contributed by atoms with E-state index in [-0.39, 0.29) is 17.8 Å². The molecule has 1 amide bonds. The van der Waals surface area contributed by atoms with Gasteiger partial charge in [-0.15, -0.1) is 0 Å². The standard InChI is InChI=1S/C18H19FN6O/c19-13-4-6-14(7-5-13)25-17-3-1-2-16(15(17)10-21-25)23-18(26)8-9-24-12-20-11-22-24/h4-7,10-12,16H,1-3,8-9H2,(H,23,26). The number of rotatable bonds is 5. The monoisotopic (exact) mass is 354 g/mol. The van der Waals surface area contributed by atoms with E-state index in [2.05, 4.69) is 20.5 Å². The molecule has 3 aromatic rings. The SMILES string of the molecule is O=C(CCn1cncn1)NC1CCCc2c1cnn2-c1ccc(F)cc1. The van der Waals surface area contributed by atoms with Crippen molar-refractivity contribution in [1.29, 1.82) is 0 Å². The average Bonchev–Trinajstić information content (AvgIpc) is 3.31. The lowest BCUT2D eigenvalue weighted by molar-refractivity contribution is -0.122. The quantitative estimate of drug-likeness (QED) is 0.762. The molecule has 0 bridgehead atoms. The molecule has 134 valence electrons. The number of aromatic nitrogens is 5. The maximum atomic E-state index is 13.2. The fraction of sp³-hybridized carbons (Fsp3) is 0.333. The molecule has 1 N–H and O–H groups in total. The number of carbonyl (C=O) groups is 1. The topological polar surface area (TPSA) is 77.6 Å². The van der Waals surface area contributed by atoms with E-state index < -0.39 is 0 Å². The van der Waals surface area contributed by atoms with Crippen LogP contribution in [-0.2, 0) is 17.8 Å². The van der Waals surface area contributed by atoms with Gasteiger partial charge in [0.1, 0.15) is 18.5 Å². The molecule has 7 nitrogen and oxygen atoms in total. The molecule has 0 aliphatic heterocycles. The van der Waals surface area contributed by atoms with Crippen LogP contribution in [0.1, 0.15) is 36.6 Å². The molecule has 0 spiro atoms. The fourth-order valence-electron chi connectivity index (χ4n) is 3.34. The van der Waals surface area contributed by atoms with Crippen LogP contribution in [0.15, 0.2) is 43.1 Å². The van der Waals surface area contributed by atoms with E-state index in [1.807, 2.05) is 4.68 Å². The van der Waals surface area contributed by atoms with Gasteiger partial charge in [-0.25, -0.2) is 14.1 Å². The Hall–Kier alpha value is -3.03. The number of hydrogen-bond acceptors (Lipinski definition) is 4. The highest BCUT2D eigenvalue weighted by Crippen LogP contribution is 2.31. The van der Waals surface area contributed by atoms with Crippen LogP contribution >= 0.6 is 0 Å². The molecule has 0 radical (unpaired) electrons. The summed E-state index contributed by atoms with van der Waals surface area (Å²) in [7, 11) is 0. The summed E-state index contributed by atoms with van der Waals surface area (Å²) in [6.45, 7) is 0.500. The van der Waals surface area contributed by atoms with Crippen molar-refractivity contribution in [2.75, 3.05) is 0 Å². The molecular weight excluding hydrogens is 335 g/mol.